The first kappa shape index (κ1) is 13.9. The normalized spacial score (nSPS) is 22.6. The molecule has 1 amide bonds. The Morgan fingerprint density at radius 3 is 3.21 bits per heavy atom. The molecular formula is C11H19N5O3. The van der Waals surface area contributed by atoms with Crippen LogP contribution in [-0.4, -0.2) is 59.9 Å². The molecule has 8 nitrogen and oxygen atoms in total. The van der Waals surface area contributed by atoms with E-state index in [1.165, 1.54) is 0 Å². The molecule has 1 fully saturated rings. The fraction of sp³-hybridized carbons (Fsp3) is 0.727. The smallest absolute Gasteiger partial charge is 0.273 e. The van der Waals surface area contributed by atoms with Gasteiger partial charge in [-0.05, 0) is 0 Å². The number of nitrogens with zero attached hydrogens (tertiary/aromatic N) is 3. The van der Waals surface area contributed by atoms with Crippen LogP contribution in [0.25, 0.3) is 0 Å². The number of nitrogens with one attached hydrogen (secondary N) is 1. The van der Waals surface area contributed by atoms with Crippen molar-refractivity contribution in [2.45, 2.75) is 18.6 Å². The SMILES string of the molecule is COC1(CNC(=O)c2cn(CCN)nn2)CCOC1. The van der Waals surface area contributed by atoms with Crippen molar-refractivity contribution in [2.24, 2.45) is 5.73 Å². The van der Waals surface area contributed by atoms with E-state index in [0.29, 0.717) is 32.8 Å². The summed E-state index contributed by atoms with van der Waals surface area (Å²) in [6, 6.07) is 0. The van der Waals surface area contributed by atoms with E-state index in [2.05, 4.69) is 15.6 Å². The summed E-state index contributed by atoms with van der Waals surface area (Å²) < 4.78 is 12.3. The molecule has 1 aliphatic heterocycles. The highest BCUT2D eigenvalue weighted by atomic mass is 16.5. The number of aromatic nitrogens is 3. The third-order valence-electron chi connectivity index (χ3n) is 3.20. The monoisotopic (exact) mass is 269 g/mol. The molecule has 0 aromatic carbocycles. The van der Waals surface area contributed by atoms with Crippen LogP contribution in [0.4, 0.5) is 0 Å². The Hall–Kier alpha value is -1.51. The first-order valence-electron chi connectivity index (χ1n) is 6.20. The maximum atomic E-state index is 11.9. The highest BCUT2D eigenvalue weighted by Gasteiger charge is 2.35. The van der Waals surface area contributed by atoms with Crippen molar-refractivity contribution in [1.29, 1.82) is 0 Å². The standard InChI is InChI=1S/C11H19N5O3/c1-18-11(2-5-19-8-11)7-13-10(17)9-6-16(4-3-12)15-14-9/h6H,2-5,7-8,12H2,1H3,(H,13,17). The molecule has 2 rings (SSSR count). The Bertz CT molecular complexity index is 428. The highest BCUT2D eigenvalue weighted by molar-refractivity contribution is 5.91. The van der Waals surface area contributed by atoms with E-state index in [-0.39, 0.29) is 11.6 Å². The number of hydrogen-bond donors (Lipinski definition) is 2. The van der Waals surface area contributed by atoms with Gasteiger partial charge in [-0.25, -0.2) is 0 Å². The van der Waals surface area contributed by atoms with E-state index in [1.54, 1.807) is 18.0 Å². The van der Waals surface area contributed by atoms with Gasteiger partial charge in [0.25, 0.3) is 5.91 Å². The predicted octanol–water partition coefficient (Wildman–Crippen LogP) is -1.23. The van der Waals surface area contributed by atoms with Crippen LogP contribution in [-0.2, 0) is 16.0 Å². The van der Waals surface area contributed by atoms with Crippen LogP contribution in [0.5, 0.6) is 0 Å². The number of carbonyl (C=O) groups is 1. The summed E-state index contributed by atoms with van der Waals surface area (Å²) in [4.78, 5) is 11.9. The Morgan fingerprint density at radius 1 is 1.74 bits per heavy atom. The number of rotatable bonds is 6. The Morgan fingerprint density at radius 2 is 2.58 bits per heavy atom. The number of carbonyl (C=O) groups excluding carboxylic acids is 1. The van der Waals surface area contributed by atoms with Crippen LogP contribution in [0.2, 0.25) is 0 Å². The molecule has 19 heavy (non-hydrogen) atoms. The van der Waals surface area contributed by atoms with Gasteiger partial charge in [-0.15, -0.1) is 5.10 Å². The predicted molar refractivity (Wildman–Crippen MR) is 66.6 cm³/mol. The Labute approximate surface area is 111 Å². The van der Waals surface area contributed by atoms with Crippen molar-refractivity contribution in [1.82, 2.24) is 20.3 Å². The summed E-state index contributed by atoms with van der Waals surface area (Å²) >= 11 is 0. The number of methoxy groups -OCH3 is 1. The third kappa shape index (κ3) is 3.28. The van der Waals surface area contributed by atoms with E-state index in [4.69, 9.17) is 15.2 Å². The average molecular weight is 269 g/mol. The van der Waals surface area contributed by atoms with Gasteiger partial charge >= 0.3 is 0 Å². The van der Waals surface area contributed by atoms with Gasteiger partial charge in [0.2, 0.25) is 0 Å². The second-order valence-corrected chi connectivity index (χ2v) is 4.53. The summed E-state index contributed by atoms with van der Waals surface area (Å²) in [5, 5.41) is 10.4. The maximum Gasteiger partial charge on any atom is 0.273 e. The van der Waals surface area contributed by atoms with Crippen LogP contribution in [0.3, 0.4) is 0 Å². The third-order valence-corrected chi connectivity index (χ3v) is 3.20. The summed E-state index contributed by atoms with van der Waals surface area (Å²) in [7, 11) is 1.62. The molecule has 1 aromatic heterocycles. The van der Waals surface area contributed by atoms with E-state index in [1.807, 2.05) is 0 Å². The quantitative estimate of drug-likeness (QED) is 0.670. The summed E-state index contributed by atoms with van der Waals surface area (Å²) in [6.45, 7) is 2.52. The van der Waals surface area contributed by atoms with E-state index < -0.39 is 5.60 Å². The first-order valence-corrected chi connectivity index (χ1v) is 6.20. The molecule has 1 saturated heterocycles. The molecule has 2 heterocycles. The number of amides is 1. The lowest BCUT2D eigenvalue weighted by Gasteiger charge is -2.25. The van der Waals surface area contributed by atoms with E-state index in [0.717, 1.165) is 6.42 Å². The van der Waals surface area contributed by atoms with Crippen molar-refractivity contribution in [3.63, 3.8) is 0 Å². The maximum absolute atomic E-state index is 11.9. The van der Waals surface area contributed by atoms with Crippen molar-refractivity contribution in [3.8, 4) is 0 Å². The topological polar surface area (TPSA) is 104 Å². The molecule has 1 aromatic rings. The molecule has 0 saturated carbocycles. The van der Waals surface area contributed by atoms with Crippen molar-refractivity contribution in [2.75, 3.05) is 33.4 Å². The molecule has 1 atom stereocenters. The fourth-order valence-electron chi connectivity index (χ4n) is 1.94. The molecule has 1 aliphatic rings. The van der Waals surface area contributed by atoms with E-state index in [9.17, 15) is 4.79 Å². The van der Waals surface area contributed by atoms with Crippen LogP contribution < -0.4 is 11.1 Å². The Balaban J connectivity index is 1.89. The van der Waals surface area contributed by atoms with E-state index >= 15 is 0 Å². The van der Waals surface area contributed by atoms with Crippen molar-refractivity contribution >= 4 is 5.91 Å². The Kier molecular flexibility index (Phi) is 4.46. The molecule has 106 valence electrons. The molecule has 0 spiro atoms. The minimum absolute atomic E-state index is 0.272. The molecule has 1 unspecified atom stereocenters. The molecule has 0 radical (unpaired) electrons. The summed E-state index contributed by atoms with van der Waals surface area (Å²) in [6.07, 6.45) is 2.34. The van der Waals surface area contributed by atoms with Gasteiger partial charge < -0.3 is 20.5 Å². The molecule has 3 N–H and O–H groups in total. The zero-order chi connectivity index (χ0) is 13.7. The van der Waals surface area contributed by atoms with Gasteiger partial charge in [0.1, 0.15) is 5.60 Å². The number of nitrogens with two attached hydrogens (primary N) is 1. The number of ether oxygens (including phenoxy) is 2. The van der Waals surface area contributed by atoms with Crippen molar-refractivity contribution < 1.29 is 14.3 Å². The van der Waals surface area contributed by atoms with Crippen LogP contribution in [0.1, 0.15) is 16.9 Å². The largest absolute Gasteiger partial charge is 0.378 e. The minimum Gasteiger partial charge on any atom is -0.378 e. The molecule has 8 heteroatoms. The zero-order valence-corrected chi connectivity index (χ0v) is 11.0. The summed E-state index contributed by atoms with van der Waals surface area (Å²) in [5.74, 6) is -0.272. The molecule has 0 bridgehead atoms. The van der Waals surface area contributed by atoms with Crippen LogP contribution in [0.15, 0.2) is 6.20 Å². The fourth-order valence-corrected chi connectivity index (χ4v) is 1.94. The summed E-state index contributed by atoms with van der Waals surface area (Å²) in [5.41, 5.74) is 5.25. The lowest BCUT2D eigenvalue weighted by Crippen LogP contribution is -2.45. The lowest BCUT2D eigenvalue weighted by atomic mass is 10.0. The number of hydrogen-bond acceptors (Lipinski definition) is 6. The first-order chi connectivity index (χ1) is 9.19. The molecule has 0 aliphatic carbocycles. The van der Waals surface area contributed by atoms with Gasteiger partial charge in [0, 0.05) is 33.2 Å². The second-order valence-electron chi connectivity index (χ2n) is 4.53. The minimum atomic E-state index is -0.428. The zero-order valence-electron chi connectivity index (χ0n) is 11.0. The second kappa shape index (κ2) is 6.09. The molecular weight excluding hydrogens is 250 g/mol. The lowest BCUT2D eigenvalue weighted by molar-refractivity contribution is -0.0149. The van der Waals surface area contributed by atoms with Gasteiger partial charge in [-0.1, -0.05) is 5.21 Å². The van der Waals surface area contributed by atoms with Gasteiger partial charge in [-0.3, -0.25) is 9.48 Å². The van der Waals surface area contributed by atoms with Crippen LogP contribution in [0, 0.1) is 0 Å². The van der Waals surface area contributed by atoms with Crippen molar-refractivity contribution in [3.05, 3.63) is 11.9 Å². The van der Waals surface area contributed by atoms with Gasteiger partial charge in [0.05, 0.1) is 19.3 Å². The van der Waals surface area contributed by atoms with Gasteiger partial charge in [-0.2, -0.15) is 0 Å². The van der Waals surface area contributed by atoms with Crippen LogP contribution >= 0.6 is 0 Å². The average Bonchev–Trinajstić information content (AvgIpc) is 3.06. The van der Waals surface area contributed by atoms with Gasteiger partial charge in [0.15, 0.2) is 5.69 Å². The highest BCUT2D eigenvalue weighted by Crippen LogP contribution is 2.21.